The molecule has 1 heterocycles. The molecule has 7 heteroatoms. The van der Waals surface area contributed by atoms with Crippen LogP contribution >= 0.6 is 11.8 Å². The van der Waals surface area contributed by atoms with Gasteiger partial charge in [-0.05, 0) is 24.6 Å². The summed E-state index contributed by atoms with van der Waals surface area (Å²) in [5.74, 6) is 0.619. The second-order valence-corrected chi connectivity index (χ2v) is 5.39. The normalized spacial score (nSPS) is 10.5. The summed E-state index contributed by atoms with van der Waals surface area (Å²) in [4.78, 5) is 16.0. The van der Waals surface area contributed by atoms with E-state index in [0.717, 1.165) is 16.4 Å². The molecule has 0 saturated heterocycles. The molecule has 0 saturated carbocycles. The Morgan fingerprint density at radius 1 is 1.50 bits per heavy atom. The summed E-state index contributed by atoms with van der Waals surface area (Å²) in [7, 11) is 1.82. The average molecular weight is 291 g/mol. The highest BCUT2D eigenvalue weighted by atomic mass is 32.2. The predicted molar refractivity (Wildman–Crippen MR) is 80.6 cm³/mol. The molecule has 1 aromatic heterocycles. The minimum Gasteiger partial charge on any atom is -0.398 e. The molecule has 20 heavy (non-hydrogen) atoms. The molecule has 1 amide bonds. The van der Waals surface area contributed by atoms with Crippen LogP contribution in [0.2, 0.25) is 0 Å². The number of amides is 1. The van der Waals surface area contributed by atoms with Crippen LogP contribution in [-0.2, 0) is 11.8 Å². The molecule has 0 aliphatic heterocycles. The highest BCUT2D eigenvalue weighted by molar-refractivity contribution is 7.99. The number of rotatable bonds is 5. The van der Waals surface area contributed by atoms with Gasteiger partial charge in [0.25, 0.3) is 0 Å². The van der Waals surface area contributed by atoms with Crippen LogP contribution in [-0.4, -0.2) is 26.4 Å². The van der Waals surface area contributed by atoms with Gasteiger partial charge in [-0.1, -0.05) is 17.8 Å². The van der Waals surface area contributed by atoms with Crippen LogP contribution in [0.15, 0.2) is 29.7 Å². The summed E-state index contributed by atoms with van der Waals surface area (Å²) in [5.41, 5.74) is 8.13. The minimum atomic E-state index is -0.0339. The Bertz CT molecular complexity index is 611. The number of carbonyl (C=O) groups excluding carboxylic acids is 1. The van der Waals surface area contributed by atoms with Gasteiger partial charge in [-0.3, -0.25) is 4.79 Å². The van der Waals surface area contributed by atoms with Crippen LogP contribution < -0.4 is 11.1 Å². The van der Waals surface area contributed by atoms with Crippen molar-refractivity contribution in [1.82, 2.24) is 14.8 Å². The first kappa shape index (κ1) is 14.4. The minimum absolute atomic E-state index is 0.0339. The lowest BCUT2D eigenvalue weighted by Crippen LogP contribution is -2.13. The lowest BCUT2D eigenvalue weighted by atomic mass is 10.1. The van der Waals surface area contributed by atoms with Crippen LogP contribution in [0.1, 0.15) is 12.0 Å². The zero-order valence-electron chi connectivity index (χ0n) is 11.5. The first-order valence-corrected chi connectivity index (χ1v) is 7.18. The van der Waals surface area contributed by atoms with Crippen molar-refractivity contribution >= 4 is 29.0 Å². The van der Waals surface area contributed by atoms with Crippen molar-refractivity contribution in [3.63, 3.8) is 0 Å². The van der Waals surface area contributed by atoms with Crippen LogP contribution in [0.3, 0.4) is 0 Å². The number of nitrogens with two attached hydrogens (primary N) is 1. The maximum Gasteiger partial charge on any atom is 0.225 e. The Balaban J connectivity index is 1.84. The predicted octanol–water partition coefficient (Wildman–Crippen LogP) is 1.83. The Hall–Kier alpha value is -2.02. The zero-order valence-corrected chi connectivity index (χ0v) is 12.3. The maximum atomic E-state index is 11.9. The molecule has 0 fully saturated rings. The third-order valence-electron chi connectivity index (χ3n) is 2.88. The Morgan fingerprint density at radius 3 is 3.00 bits per heavy atom. The second kappa shape index (κ2) is 6.42. The van der Waals surface area contributed by atoms with Crippen LogP contribution in [0, 0.1) is 6.92 Å². The fourth-order valence-corrected chi connectivity index (χ4v) is 2.48. The maximum absolute atomic E-state index is 11.9. The Morgan fingerprint density at radius 2 is 2.30 bits per heavy atom. The summed E-state index contributed by atoms with van der Waals surface area (Å²) >= 11 is 1.50. The molecule has 0 aliphatic carbocycles. The van der Waals surface area contributed by atoms with Gasteiger partial charge >= 0.3 is 0 Å². The van der Waals surface area contributed by atoms with E-state index in [0.29, 0.717) is 17.9 Å². The number of benzene rings is 1. The number of hydrogen-bond acceptors (Lipinski definition) is 5. The van der Waals surface area contributed by atoms with E-state index < -0.39 is 0 Å². The van der Waals surface area contributed by atoms with Crippen LogP contribution in [0.25, 0.3) is 0 Å². The van der Waals surface area contributed by atoms with Crippen molar-refractivity contribution in [2.24, 2.45) is 7.05 Å². The number of anilines is 2. The standard InChI is InChI=1S/C13H17N5OS/c1-9-10(14)4-3-5-11(9)17-12(19)6-7-20-13-15-8-16-18(13)2/h3-5,8H,6-7,14H2,1-2H3,(H,17,19). The molecule has 0 radical (unpaired) electrons. The van der Waals surface area contributed by atoms with E-state index in [1.165, 1.54) is 18.1 Å². The molecule has 2 aromatic rings. The molecule has 3 N–H and O–H groups in total. The molecule has 2 rings (SSSR count). The van der Waals surface area contributed by atoms with Gasteiger partial charge in [-0.2, -0.15) is 5.10 Å². The first-order chi connectivity index (χ1) is 9.58. The summed E-state index contributed by atoms with van der Waals surface area (Å²) < 4.78 is 1.69. The number of aryl methyl sites for hydroxylation is 1. The van der Waals surface area contributed by atoms with Gasteiger partial charge in [0.1, 0.15) is 6.33 Å². The van der Waals surface area contributed by atoms with E-state index in [1.807, 2.05) is 32.2 Å². The zero-order chi connectivity index (χ0) is 14.5. The molecule has 0 unspecified atom stereocenters. The third-order valence-corrected chi connectivity index (χ3v) is 3.92. The first-order valence-electron chi connectivity index (χ1n) is 6.19. The van der Waals surface area contributed by atoms with Gasteiger partial charge in [-0.25, -0.2) is 9.67 Å². The van der Waals surface area contributed by atoms with Gasteiger partial charge in [0.15, 0.2) is 5.16 Å². The lowest BCUT2D eigenvalue weighted by Gasteiger charge is -2.09. The van der Waals surface area contributed by atoms with E-state index in [2.05, 4.69) is 15.4 Å². The van der Waals surface area contributed by atoms with Crippen molar-refractivity contribution in [2.45, 2.75) is 18.5 Å². The molecular formula is C13H17N5OS. The molecule has 1 aromatic carbocycles. The van der Waals surface area contributed by atoms with Crippen molar-refractivity contribution in [3.8, 4) is 0 Å². The molecular weight excluding hydrogens is 274 g/mol. The van der Waals surface area contributed by atoms with E-state index in [9.17, 15) is 4.79 Å². The molecule has 0 bridgehead atoms. The average Bonchev–Trinajstić information content (AvgIpc) is 2.81. The molecule has 0 atom stereocenters. The van der Waals surface area contributed by atoms with E-state index >= 15 is 0 Å². The summed E-state index contributed by atoms with van der Waals surface area (Å²) in [6.07, 6.45) is 1.91. The number of aromatic nitrogens is 3. The number of nitrogens with zero attached hydrogens (tertiary/aromatic N) is 3. The highest BCUT2D eigenvalue weighted by Gasteiger charge is 2.08. The summed E-state index contributed by atoms with van der Waals surface area (Å²) in [6, 6.07) is 5.49. The number of carbonyl (C=O) groups is 1. The van der Waals surface area contributed by atoms with Crippen molar-refractivity contribution in [2.75, 3.05) is 16.8 Å². The van der Waals surface area contributed by atoms with Gasteiger partial charge in [-0.15, -0.1) is 0 Å². The summed E-state index contributed by atoms with van der Waals surface area (Å²) in [6.45, 7) is 1.89. The SMILES string of the molecule is Cc1c(N)cccc1NC(=O)CCSc1ncnn1C. The number of hydrogen-bond donors (Lipinski definition) is 2. The van der Waals surface area contributed by atoms with Crippen LogP contribution in [0.5, 0.6) is 0 Å². The van der Waals surface area contributed by atoms with Crippen molar-refractivity contribution in [3.05, 3.63) is 30.1 Å². The van der Waals surface area contributed by atoms with E-state index in [1.54, 1.807) is 4.68 Å². The van der Waals surface area contributed by atoms with Gasteiger partial charge in [0.05, 0.1) is 0 Å². The van der Waals surface area contributed by atoms with Crippen LogP contribution in [0.4, 0.5) is 11.4 Å². The van der Waals surface area contributed by atoms with Gasteiger partial charge < -0.3 is 11.1 Å². The van der Waals surface area contributed by atoms with Gasteiger partial charge in [0, 0.05) is 30.6 Å². The molecule has 6 nitrogen and oxygen atoms in total. The lowest BCUT2D eigenvalue weighted by molar-refractivity contribution is -0.115. The number of thioether (sulfide) groups is 1. The monoisotopic (exact) mass is 291 g/mol. The fraction of sp³-hybridized carbons (Fsp3) is 0.308. The quantitative estimate of drug-likeness (QED) is 0.648. The number of nitrogens with one attached hydrogen (secondary N) is 1. The molecule has 0 aliphatic rings. The smallest absolute Gasteiger partial charge is 0.225 e. The third kappa shape index (κ3) is 3.51. The molecule has 106 valence electrons. The molecule has 0 spiro atoms. The topological polar surface area (TPSA) is 85.8 Å². The largest absolute Gasteiger partial charge is 0.398 e. The second-order valence-electron chi connectivity index (χ2n) is 4.33. The van der Waals surface area contributed by atoms with Gasteiger partial charge in [0.2, 0.25) is 5.91 Å². The number of nitrogen functional groups attached to an aromatic ring is 1. The van der Waals surface area contributed by atoms with E-state index in [4.69, 9.17) is 5.73 Å². The highest BCUT2D eigenvalue weighted by Crippen LogP contribution is 2.21. The van der Waals surface area contributed by atoms with Crippen molar-refractivity contribution in [1.29, 1.82) is 0 Å². The Kier molecular flexibility index (Phi) is 4.62. The van der Waals surface area contributed by atoms with E-state index in [-0.39, 0.29) is 5.91 Å². The fourth-order valence-electron chi connectivity index (χ4n) is 1.65. The van der Waals surface area contributed by atoms with Crippen molar-refractivity contribution < 1.29 is 4.79 Å². The Labute approximate surface area is 121 Å². The summed E-state index contributed by atoms with van der Waals surface area (Å²) in [5, 5.41) is 7.65.